The summed E-state index contributed by atoms with van der Waals surface area (Å²) in [5.41, 5.74) is -0.175. The third-order valence-electron chi connectivity index (χ3n) is 3.78. The van der Waals surface area contributed by atoms with Gasteiger partial charge in [0.15, 0.2) is 5.96 Å². The molecule has 2 aromatic rings. The predicted octanol–water partition coefficient (Wildman–Crippen LogP) is 3.22. The lowest BCUT2D eigenvalue weighted by Crippen LogP contribution is -2.40. The number of halogens is 5. The molecule has 0 bridgehead atoms. The smallest absolute Gasteiger partial charge is 0.433 e. The van der Waals surface area contributed by atoms with Gasteiger partial charge in [0.1, 0.15) is 11.4 Å². The fourth-order valence-corrected chi connectivity index (χ4v) is 2.46. The maximum Gasteiger partial charge on any atom is 0.433 e. The molecule has 0 amide bonds. The van der Waals surface area contributed by atoms with Crippen LogP contribution in [0, 0.1) is 0 Å². The van der Waals surface area contributed by atoms with Gasteiger partial charge in [-0.2, -0.15) is 22.0 Å². The lowest BCUT2D eigenvalue weighted by atomic mass is 10.2. The highest BCUT2D eigenvalue weighted by molar-refractivity contribution is 5.79. The fourth-order valence-electron chi connectivity index (χ4n) is 2.46. The molecule has 0 aliphatic heterocycles. The number of guanidine groups is 1. The van der Waals surface area contributed by atoms with Crippen molar-refractivity contribution >= 4 is 11.9 Å². The zero-order valence-corrected chi connectivity index (χ0v) is 16.2. The monoisotopic (exact) mass is 432 g/mol. The molecule has 0 atom stereocenters. The van der Waals surface area contributed by atoms with Crippen LogP contribution in [-0.2, 0) is 12.7 Å². The highest BCUT2D eigenvalue weighted by atomic mass is 19.4. The van der Waals surface area contributed by atoms with Crippen LogP contribution in [-0.4, -0.2) is 54.6 Å². The molecule has 0 aliphatic rings. The Balaban J connectivity index is 1.81. The van der Waals surface area contributed by atoms with E-state index in [-0.39, 0.29) is 18.2 Å². The average molecular weight is 432 g/mol. The van der Waals surface area contributed by atoms with E-state index in [0.29, 0.717) is 19.0 Å². The van der Waals surface area contributed by atoms with Crippen molar-refractivity contribution in [2.75, 3.05) is 32.5 Å². The molecule has 1 aromatic carbocycles. The summed E-state index contributed by atoms with van der Waals surface area (Å²) in [7, 11) is 3.37. The number of ether oxygens (including phenoxy) is 1. The first-order valence-corrected chi connectivity index (χ1v) is 8.78. The summed E-state index contributed by atoms with van der Waals surface area (Å²) in [5, 5.41) is 5.77. The molecule has 0 fully saturated rings. The van der Waals surface area contributed by atoms with Crippen LogP contribution >= 0.6 is 0 Å². The molecule has 0 spiro atoms. The molecule has 30 heavy (non-hydrogen) atoms. The van der Waals surface area contributed by atoms with Gasteiger partial charge in [0.2, 0.25) is 5.95 Å². The zero-order chi connectivity index (χ0) is 22.1. The molecule has 0 aliphatic carbocycles. The summed E-state index contributed by atoms with van der Waals surface area (Å²) in [6.07, 6.45) is -3.50. The molecule has 1 aromatic heterocycles. The highest BCUT2D eigenvalue weighted by Gasteiger charge is 2.32. The molecule has 1 heterocycles. The van der Waals surface area contributed by atoms with Gasteiger partial charge in [0.25, 0.3) is 0 Å². The summed E-state index contributed by atoms with van der Waals surface area (Å²) in [6, 6.07) is 7.02. The predicted molar refractivity (Wildman–Crippen MR) is 101 cm³/mol. The molecule has 0 saturated heterocycles. The van der Waals surface area contributed by atoms with Gasteiger partial charge in [0.05, 0.1) is 0 Å². The van der Waals surface area contributed by atoms with E-state index in [9.17, 15) is 22.0 Å². The van der Waals surface area contributed by atoms with Crippen LogP contribution in [0.25, 0.3) is 0 Å². The number of rotatable bonds is 8. The van der Waals surface area contributed by atoms with E-state index in [1.54, 1.807) is 31.1 Å². The van der Waals surface area contributed by atoms with Gasteiger partial charge in [-0.3, -0.25) is 4.99 Å². The van der Waals surface area contributed by atoms with Gasteiger partial charge in [0, 0.05) is 39.9 Å². The Kier molecular flexibility index (Phi) is 8.13. The number of anilines is 1. The molecule has 2 N–H and O–H groups in total. The first-order valence-electron chi connectivity index (χ1n) is 8.78. The van der Waals surface area contributed by atoms with Crippen molar-refractivity contribution in [3.8, 4) is 5.75 Å². The molecule has 7 nitrogen and oxygen atoms in total. The van der Waals surface area contributed by atoms with Gasteiger partial charge in [-0.25, -0.2) is 9.97 Å². The molecular formula is C18H21F5N6O. The van der Waals surface area contributed by atoms with Crippen molar-refractivity contribution in [1.82, 2.24) is 20.2 Å². The molecular weight excluding hydrogens is 411 g/mol. The van der Waals surface area contributed by atoms with E-state index < -0.39 is 18.5 Å². The topological polar surface area (TPSA) is 74.7 Å². The Morgan fingerprint density at radius 2 is 1.87 bits per heavy atom. The minimum atomic E-state index is -4.54. The summed E-state index contributed by atoms with van der Waals surface area (Å²) in [5.74, 6) is 0.484. The van der Waals surface area contributed by atoms with E-state index in [4.69, 9.17) is 0 Å². The van der Waals surface area contributed by atoms with Crippen molar-refractivity contribution < 1.29 is 26.7 Å². The molecule has 0 unspecified atom stereocenters. The van der Waals surface area contributed by atoms with Crippen LogP contribution in [0.15, 0.2) is 41.5 Å². The molecule has 0 saturated carbocycles. The molecule has 0 radical (unpaired) electrons. The summed E-state index contributed by atoms with van der Waals surface area (Å²) in [6.45, 7) is -1.83. The van der Waals surface area contributed by atoms with Crippen LogP contribution in [0.1, 0.15) is 11.3 Å². The average Bonchev–Trinajstić information content (AvgIpc) is 2.68. The van der Waals surface area contributed by atoms with E-state index in [1.165, 1.54) is 12.1 Å². The van der Waals surface area contributed by atoms with E-state index >= 15 is 0 Å². The lowest BCUT2D eigenvalue weighted by molar-refractivity contribution is -0.141. The quantitative estimate of drug-likeness (QED) is 0.289. The Hall–Kier alpha value is -3.18. The molecule has 2 rings (SSSR count). The summed E-state index contributed by atoms with van der Waals surface area (Å²) < 4.78 is 66.7. The van der Waals surface area contributed by atoms with Crippen LogP contribution in [0.4, 0.5) is 27.9 Å². The van der Waals surface area contributed by atoms with Gasteiger partial charge in [-0.1, -0.05) is 12.1 Å². The number of hydrogen-bond donors (Lipinski definition) is 2. The zero-order valence-electron chi connectivity index (χ0n) is 16.2. The van der Waals surface area contributed by atoms with E-state index in [0.717, 1.165) is 17.8 Å². The lowest BCUT2D eigenvalue weighted by Gasteiger charge is -2.22. The van der Waals surface area contributed by atoms with Crippen molar-refractivity contribution in [1.29, 1.82) is 0 Å². The third kappa shape index (κ3) is 7.33. The second-order valence-corrected chi connectivity index (χ2v) is 6.04. The first kappa shape index (κ1) is 23.1. The summed E-state index contributed by atoms with van der Waals surface area (Å²) >= 11 is 0. The summed E-state index contributed by atoms with van der Waals surface area (Å²) in [4.78, 5) is 13.1. The van der Waals surface area contributed by atoms with Gasteiger partial charge in [-0.05, 0) is 23.8 Å². The van der Waals surface area contributed by atoms with Gasteiger partial charge < -0.3 is 20.3 Å². The highest BCUT2D eigenvalue weighted by Crippen LogP contribution is 2.27. The van der Waals surface area contributed by atoms with Crippen LogP contribution < -0.4 is 15.4 Å². The van der Waals surface area contributed by atoms with Crippen LogP contribution in [0.3, 0.4) is 0 Å². The molecule has 164 valence electrons. The van der Waals surface area contributed by atoms with Crippen LogP contribution in [0.2, 0.25) is 0 Å². The number of nitrogens with zero attached hydrogens (tertiary/aromatic N) is 4. The van der Waals surface area contributed by atoms with E-state index in [1.807, 2.05) is 0 Å². The van der Waals surface area contributed by atoms with Crippen molar-refractivity contribution in [2.45, 2.75) is 19.3 Å². The Morgan fingerprint density at radius 1 is 1.17 bits per heavy atom. The fraction of sp³-hybridized carbons (Fsp3) is 0.389. The maximum atomic E-state index is 12.7. The number of aliphatic imine (C=N–C) groups is 1. The second-order valence-electron chi connectivity index (χ2n) is 6.04. The number of alkyl halides is 5. The van der Waals surface area contributed by atoms with Gasteiger partial charge in [-0.15, -0.1) is 0 Å². The standard InChI is InChI=1S/C18H21F5N6O/c1-24-17(29(2)11-12-3-5-13(6-4-12)30-15(19)20)27-10-9-26-16-25-8-7-14(28-16)18(21,22)23/h3-8,15H,9-11H2,1-2H3,(H,24,27)(H,25,26,28). The van der Waals surface area contributed by atoms with E-state index in [2.05, 4.69) is 30.3 Å². The van der Waals surface area contributed by atoms with Crippen molar-refractivity contribution in [2.24, 2.45) is 4.99 Å². The Labute approximate surface area is 170 Å². The third-order valence-corrected chi connectivity index (χ3v) is 3.78. The van der Waals surface area contributed by atoms with Gasteiger partial charge >= 0.3 is 12.8 Å². The number of benzene rings is 1. The largest absolute Gasteiger partial charge is 0.435 e. The Bertz CT molecular complexity index is 829. The second kappa shape index (κ2) is 10.6. The SMILES string of the molecule is CN=C(NCCNc1nccc(C(F)(F)F)n1)N(C)Cc1ccc(OC(F)F)cc1. The van der Waals surface area contributed by atoms with Crippen LogP contribution in [0.5, 0.6) is 5.75 Å². The number of aromatic nitrogens is 2. The number of nitrogens with one attached hydrogen (secondary N) is 2. The minimum absolute atomic E-state index is 0.0711. The minimum Gasteiger partial charge on any atom is -0.435 e. The van der Waals surface area contributed by atoms with Crippen molar-refractivity contribution in [3.63, 3.8) is 0 Å². The molecule has 12 heteroatoms. The Morgan fingerprint density at radius 3 is 2.47 bits per heavy atom. The normalized spacial score (nSPS) is 12.1. The van der Waals surface area contributed by atoms with Crippen molar-refractivity contribution in [3.05, 3.63) is 47.8 Å². The maximum absolute atomic E-state index is 12.7. The first-order chi connectivity index (χ1) is 14.2. The number of hydrogen-bond acceptors (Lipinski definition) is 5.